The third kappa shape index (κ3) is 3.71. The van der Waals surface area contributed by atoms with E-state index in [4.69, 9.17) is 4.74 Å². The van der Waals surface area contributed by atoms with Gasteiger partial charge in [0.1, 0.15) is 13.2 Å². The van der Waals surface area contributed by atoms with Crippen LogP contribution >= 0.6 is 0 Å². The van der Waals surface area contributed by atoms with Gasteiger partial charge >= 0.3 is 6.09 Å². The molecule has 1 fully saturated rings. The monoisotopic (exact) mass is 262 g/mol. The first-order chi connectivity index (χ1) is 9.16. The van der Waals surface area contributed by atoms with Crippen LogP contribution in [0.25, 0.3) is 0 Å². The second-order valence-electron chi connectivity index (χ2n) is 4.63. The van der Waals surface area contributed by atoms with Gasteiger partial charge in [-0.1, -0.05) is 30.3 Å². The number of carbonyl (C=O) groups is 2. The molecule has 1 aliphatic heterocycles. The van der Waals surface area contributed by atoms with Gasteiger partial charge in [0.25, 0.3) is 0 Å². The van der Waals surface area contributed by atoms with Crippen molar-refractivity contribution in [3.05, 3.63) is 35.9 Å². The highest BCUT2D eigenvalue weighted by Gasteiger charge is 2.23. The minimum absolute atomic E-state index is 0.0471. The summed E-state index contributed by atoms with van der Waals surface area (Å²) < 4.78 is 5.22. The van der Waals surface area contributed by atoms with Crippen molar-refractivity contribution in [1.29, 1.82) is 0 Å². The third-order valence-electron chi connectivity index (χ3n) is 3.14. The molecule has 0 aromatic heterocycles. The molecule has 0 aliphatic carbocycles. The Morgan fingerprint density at radius 3 is 2.74 bits per heavy atom. The fraction of sp³-hybridized carbons (Fsp3) is 0.429. The van der Waals surface area contributed by atoms with Gasteiger partial charge < -0.3 is 9.64 Å². The van der Waals surface area contributed by atoms with E-state index in [9.17, 15) is 9.59 Å². The average Bonchev–Trinajstić information content (AvgIpc) is 2.60. The molecular weight excluding hydrogens is 244 g/mol. The van der Waals surface area contributed by atoms with Gasteiger partial charge in [-0.3, -0.25) is 9.69 Å². The minimum atomic E-state index is -0.424. The van der Waals surface area contributed by atoms with Crippen LogP contribution in [0.4, 0.5) is 4.79 Å². The Bertz CT molecular complexity index is 447. The standard InChI is InChI=1S/C14H18N2O3/c1-15-8-5-9-16(10-13(15)17)14(18)19-11-12-6-3-2-4-7-12/h2-4,6-7H,5,8-11H2,1H3. The number of ether oxygens (including phenoxy) is 1. The number of amides is 2. The van der Waals surface area contributed by atoms with Crippen LogP contribution in [-0.2, 0) is 16.1 Å². The zero-order valence-electron chi connectivity index (χ0n) is 11.0. The Morgan fingerprint density at radius 1 is 1.26 bits per heavy atom. The number of benzene rings is 1. The molecule has 0 radical (unpaired) electrons. The maximum Gasteiger partial charge on any atom is 0.410 e. The molecule has 0 bridgehead atoms. The average molecular weight is 262 g/mol. The zero-order chi connectivity index (χ0) is 13.7. The van der Waals surface area contributed by atoms with E-state index in [1.807, 2.05) is 30.3 Å². The molecule has 1 heterocycles. The molecular formula is C14H18N2O3. The van der Waals surface area contributed by atoms with E-state index in [-0.39, 0.29) is 19.1 Å². The predicted molar refractivity (Wildman–Crippen MR) is 70.5 cm³/mol. The van der Waals surface area contributed by atoms with Crippen LogP contribution in [0, 0.1) is 0 Å². The minimum Gasteiger partial charge on any atom is -0.445 e. The number of hydrogen-bond donors (Lipinski definition) is 0. The van der Waals surface area contributed by atoms with Crippen molar-refractivity contribution in [2.24, 2.45) is 0 Å². The van der Waals surface area contributed by atoms with Crippen molar-refractivity contribution in [3.63, 3.8) is 0 Å². The molecule has 1 aromatic carbocycles. The molecule has 1 aliphatic rings. The van der Waals surface area contributed by atoms with Gasteiger partial charge in [-0.15, -0.1) is 0 Å². The summed E-state index contributed by atoms with van der Waals surface area (Å²) in [6.07, 6.45) is 0.357. The van der Waals surface area contributed by atoms with Crippen LogP contribution in [0.1, 0.15) is 12.0 Å². The third-order valence-corrected chi connectivity index (χ3v) is 3.14. The largest absolute Gasteiger partial charge is 0.445 e. The van der Waals surface area contributed by atoms with Crippen molar-refractivity contribution in [2.45, 2.75) is 13.0 Å². The quantitative estimate of drug-likeness (QED) is 0.811. The SMILES string of the molecule is CN1CCCN(C(=O)OCc2ccccc2)CC1=O. The molecule has 1 aromatic rings. The molecule has 0 N–H and O–H groups in total. The van der Waals surface area contributed by atoms with Crippen molar-refractivity contribution in [2.75, 3.05) is 26.7 Å². The van der Waals surface area contributed by atoms with E-state index >= 15 is 0 Å². The molecule has 2 rings (SSSR count). The van der Waals surface area contributed by atoms with Gasteiger partial charge in [-0.25, -0.2) is 4.79 Å². The number of carbonyl (C=O) groups excluding carboxylic acids is 2. The fourth-order valence-electron chi connectivity index (χ4n) is 1.95. The molecule has 1 saturated heterocycles. The van der Waals surface area contributed by atoms with Crippen molar-refractivity contribution >= 4 is 12.0 Å². The molecule has 0 atom stereocenters. The van der Waals surface area contributed by atoms with Gasteiger partial charge in [0, 0.05) is 20.1 Å². The van der Waals surface area contributed by atoms with Gasteiger partial charge in [-0.2, -0.15) is 0 Å². The Morgan fingerprint density at radius 2 is 2.00 bits per heavy atom. The highest BCUT2D eigenvalue weighted by molar-refractivity contribution is 5.82. The Hall–Kier alpha value is -2.04. The first-order valence-electron chi connectivity index (χ1n) is 6.36. The summed E-state index contributed by atoms with van der Waals surface area (Å²) in [5.41, 5.74) is 0.939. The summed E-state index contributed by atoms with van der Waals surface area (Å²) in [7, 11) is 1.75. The van der Waals surface area contributed by atoms with Gasteiger partial charge in [0.15, 0.2) is 0 Å². The summed E-state index contributed by atoms with van der Waals surface area (Å²) >= 11 is 0. The lowest BCUT2D eigenvalue weighted by atomic mass is 10.2. The zero-order valence-corrected chi connectivity index (χ0v) is 11.0. The van der Waals surface area contributed by atoms with Gasteiger partial charge in [0.2, 0.25) is 5.91 Å². The number of likely N-dealkylation sites (N-methyl/N-ethyl adjacent to an activating group) is 1. The summed E-state index contributed by atoms with van der Waals surface area (Å²) in [6, 6.07) is 9.50. The Balaban J connectivity index is 1.87. The van der Waals surface area contributed by atoms with Crippen LogP contribution in [0.3, 0.4) is 0 Å². The molecule has 5 nitrogen and oxygen atoms in total. The highest BCUT2D eigenvalue weighted by Crippen LogP contribution is 2.07. The van der Waals surface area contributed by atoms with E-state index < -0.39 is 6.09 Å². The number of nitrogens with zero attached hydrogens (tertiary/aromatic N) is 2. The molecule has 5 heteroatoms. The Kier molecular flexibility index (Phi) is 4.39. The van der Waals surface area contributed by atoms with E-state index in [0.29, 0.717) is 13.1 Å². The second-order valence-corrected chi connectivity index (χ2v) is 4.63. The van der Waals surface area contributed by atoms with E-state index in [0.717, 1.165) is 12.0 Å². The lowest BCUT2D eigenvalue weighted by Gasteiger charge is -2.19. The number of hydrogen-bond acceptors (Lipinski definition) is 3. The van der Waals surface area contributed by atoms with Crippen molar-refractivity contribution in [1.82, 2.24) is 9.80 Å². The predicted octanol–water partition coefficient (Wildman–Crippen LogP) is 1.49. The highest BCUT2D eigenvalue weighted by atomic mass is 16.6. The fourth-order valence-corrected chi connectivity index (χ4v) is 1.95. The van der Waals surface area contributed by atoms with Crippen LogP contribution in [0.2, 0.25) is 0 Å². The Labute approximate surface area is 112 Å². The van der Waals surface area contributed by atoms with Crippen LogP contribution < -0.4 is 0 Å². The van der Waals surface area contributed by atoms with Gasteiger partial charge in [-0.05, 0) is 12.0 Å². The normalized spacial score (nSPS) is 16.2. The molecule has 19 heavy (non-hydrogen) atoms. The van der Waals surface area contributed by atoms with Gasteiger partial charge in [0.05, 0.1) is 0 Å². The first kappa shape index (κ1) is 13.4. The van der Waals surface area contributed by atoms with E-state index in [2.05, 4.69) is 0 Å². The molecule has 102 valence electrons. The topological polar surface area (TPSA) is 49.9 Å². The van der Waals surface area contributed by atoms with Crippen LogP contribution in [0.5, 0.6) is 0 Å². The summed E-state index contributed by atoms with van der Waals surface area (Å²) in [4.78, 5) is 26.7. The smallest absolute Gasteiger partial charge is 0.410 e. The lowest BCUT2D eigenvalue weighted by Crippen LogP contribution is -2.38. The molecule has 0 saturated carbocycles. The maximum absolute atomic E-state index is 11.9. The van der Waals surface area contributed by atoms with E-state index in [1.54, 1.807) is 11.9 Å². The van der Waals surface area contributed by atoms with Crippen molar-refractivity contribution < 1.29 is 14.3 Å². The molecule has 0 unspecified atom stereocenters. The molecule has 2 amide bonds. The summed E-state index contributed by atoms with van der Waals surface area (Å²) in [5.74, 6) is -0.0471. The molecule has 0 spiro atoms. The first-order valence-corrected chi connectivity index (χ1v) is 6.36. The van der Waals surface area contributed by atoms with Crippen LogP contribution in [-0.4, -0.2) is 48.5 Å². The lowest BCUT2D eigenvalue weighted by molar-refractivity contribution is -0.129. The van der Waals surface area contributed by atoms with Crippen LogP contribution in [0.15, 0.2) is 30.3 Å². The van der Waals surface area contributed by atoms with E-state index in [1.165, 1.54) is 4.90 Å². The van der Waals surface area contributed by atoms with Crippen molar-refractivity contribution in [3.8, 4) is 0 Å². The number of rotatable bonds is 2. The second kappa shape index (κ2) is 6.22. The summed E-state index contributed by atoms with van der Waals surface area (Å²) in [6.45, 7) is 1.58. The summed E-state index contributed by atoms with van der Waals surface area (Å²) in [5, 5.41) is 0. The maximum atomic E-state index is 11.9.